The number of benzene rings is 3. The number of fused-ring (bicyclic) bond motifs is 1. The summed E-state index contributed by atoms with van der Waals surface area (Å²) in [5, 5.41) is 14.6. The number of phenolic OH excluding ortho intramolecular Hbond substituents is 1. The quantitative estimate of drug-likeness (QED) is 0.662. The predicted molar refractivity (Wildman–Crippen MR) is 100 cm³/mol. The maximum atomic E-state index is 12.7. The van der Waals surface area contributed by atoms with Crippen molar-refractivity contribution >= 4 is 22.4 Å². The van der Waals surface area contributed by atoms with Gasteiger partial charge >= 0.3 is 0 Å². The van der Waals surface area contributed by atoms with Gasteiger partial charge in [-0.2, -0.15) is 0 Å². The van der Waals surface area contributed by atoms with Crippen LogP contribution in [0.15, 0.2) is 72.8 Å². The van der Waals surface area contributed by atoms with Crippen molar-refractivity contribution in [2.45, 2.75) is 6.92 Å². The fourth-order valence-electron chi connectivity index (χ4n) is 2.60. The number of nitrogens with one attached hydrogen (secondary N) is 1. The molecule has 0 unspecified atom stereocenters. The third-order valence-electron chi connectivity index (χ3n) is 3.81. The lowest BCUT2D eigenvalue weighted by Gasteiger charge is -2.11. The highest BCUT2D eigenvalue weighted by Crippen LogP contribution is 2.28. The molecule has 0 aliphatic rings. The van der Waals surface area contributed by atoms with Crippen LogP contribution < -0.4 is 10.1 Å². The topological polar surface area (TPSA) is 58.6 Å². The maximum absolute atomic E-state index is 12.7. The molecule has 0 saturated heterocycles. The number of rotatable bonds is 5. The molecule has 0 aliphatic carbocycles. The monoisotopic (exact) mass is 333 g/mol. The Hall–Kier alpha value is -3.27. The Bertz CT molecular complexity index is 931. The van der Waals surface area contributed by atoms with E-state index in [1.165, 1.54) is 6.07 Å². The number of aromatic hydroxyl groups is 1. The van der Waals surface area contributed by atoms with Gasteiger partial charge in [0.15, 0.2) is 0 Å². The molecule has 4 heteroatoms. The van der Waals surface area contributed by atoms with Gasteiger partial charge in [-0.1, -0.05) is 48.6 Å². The summed E-state index contributed by atoms with van der Waals surface area (Å²) in [6.45, 7) is 2.40. The molecule has 3 rings (SSSR count). The van der Waals surface area contributed by atoms with Gasteiger partial charge in [-0.05, 0) is 35.9 Å². The van der Waals surface area contributed by atoms with Crippen LogP contribution in [0.5, 0.6) is 11.5 Å². The Labute approximate surface area is 146 Å². The minimum atomic E-state index is -0.361. The highest BCUT2D eigenvalue weighted by Gasteiger charge is 2.15. The Kier molecular flexibility index (Phi) is 5.00. The van der Waals surface area contributed by atoms with Crippen LogP contribution in [0, 0.1) is 0 Å². The van der Waals surface area contributed by atoms with Crippen LogP contribution in [0.2, 0.25) is 0 Å². The van der Waals surface area contributed by atoms with Crippen molar-refractivity contribution in [1.82, 2.24) is 0 Å². The Morgan fingerprint density at radius 3 is 2.80 bits per heavy atom. The van der Waals surface area contributed by atoms with E-state index in [0.29, 0.717) is 23.4 Å². The minimum absolute atomic E-state index is 0.0447. The number of hydrogen-bond acceptors (Lipinski definition) is 3. The fourth-order valence-corrected chi connectivity index (χ4v) is 2.60. The number of ether oxygens (including phenoxy) is 1. The fraction of sp³-hybridized carbons (Fsp3) is 0.0952. The highest BCUT2D eigenvalue weighted by molar-refractivity contribution is 6.14. The zero-order chi connectivity index (χ0) is 17.6. The van der Waals surface area contributed by atoms with Crippen LogP contribution in [-0.4, -0.2) is 17.6 Å². The molecule has 25 heavy (non-hydrogen) atoms. The largest absolute Gasteiger partial charge is 0.507 e. The lowest BCUT2D eigenvalue weighted by Crippen LogP contribution is -2.12. The molecule has 0 saturated carbocycles. The first-order chi connectivity index (χ1) is 12.2. The zero-order valence-corrected chi connectivity index (χ0v) is 13.9. The summed E-state index contributed by atoms with van der Waals surface area (Å²) in [4.78, 5) is 12.7. The van der Waals surface area contributed by atoms with Gasteiger partial charge in [-0.25, -0.2) is 0 Å². The average molecular weight is 333 g/mol. The Morgan fingerprint density at radius 2 is 1.96 bits per heavy atom. The van der Waals surface area contributed by atoms with Crippen LogP contribution in [0.4, 0.5) is 5.69 Å². The number of carbonyl (C=O) groups is 1. The van der Waals surface area contributed by atoms with Gasteiger partial charge in [0, 0.05) is 11.8 Å². The van der Waals surface area contributed by atoms with E-state index >= 15 is 0 Å². The van der Waals surface area contributed by atoms with Crippen molar-refractivity contribution in [1.29, 1.82) is 0 Å². The minimum Gasteiger partial charge on any atom is -0.507 e. The molecule has 3 aromatic carbocycles. The molecule has 0 aromatic heterocycles. The van der Waals surface area contributed by atoms with Crippen LogP contribution in [-0.2, 0) is 0 Å². The van der Waals surface area contributed by atoms with Crippen molar-refractivity contribution in [3.8, 4) is 11.5 Å². The average Bonchev–Trinajstić information content (AvgIpc) is 2.62. The van der Waals surface area contributed by atoms with Gasteiger partial charge in [-0.15, -0.1) is 0 Å². The molecule has 4 nitrogen and oxygen atoms in total. The van der Waals surface area contributed by atoms with Crippen LogP contribution in [0.3, 0.4) is 0 Å². The van der Waals surface area contributed by atoms with E-state index in [4.69, 9.17) is 4.74 Å². The van der Waals surface area contributed by atoms with Gasteiger partial charge < -0.3 is 15.2 Å². The summed E-state index contributed by atoms with van der Waals surface area (Å²) in [5.74, 6) is 0.259. The van der Waals surface area contributed by atoms with Gasteiger partial charge in [-0.3, -0.25) is 4.79 Å². The molecule has 126 valence electrons. The van der Waals surface area contributed by atoms with Gasteiger partial charge in [0.1, 0.15) is 18.1 Å². The van der Waals surface area contributed by atoms with Crippen molar-refractivity contribution in [2.75, 3.05) is 11.9 Å². The smallest absolute Gasteiger partial charge is 0.260 e. The van der Waals surface area contributed by atoms with Crippen molar-refractivity contribution in [3.05, 3.63) is 78.4 Å². The standard InChI is InChI=1S/C21H19NO3/c1-2-3-13-25-17-9-6-8-16(14-17)22-21(24)20-18-10-5-4-7-15(18)11-12-19(20)23/h2-12,14,23H,13H2,1H3,(H,22,24)/b3-2+. The molecule has 0 atom stereocenters. The molecule has 3 aromatic rings. The van der Waals surface area contributed by atoms with E-state index in [1.807, 2.05) is 55.5 Å². The normalized spacial score (nSPS) is 10.9. The lowest BCUT2D eigenvalue weighted by molar-refractivity contribution is 0.102. The van der Waals surface area contributed by atoms with Crippen LogP contribution in [0.25, 0.3) is 10.8 Å². The number of amides is 1. The van der Waals surface area contributed by atoms with E-state index in [1.54, 1.807) is 18.2 Å². The molecular formula is C21H19NO3. The molecule has 0 aliphatic heterocycles. The first kappa shape index (κ1) is 16.6. The second kappa shape index (κ2) is 7.53. The molecular weight excluding hydrogens is 314 g/mol. The van der Waals surface area contributed by atoms with E-state index in [-0.39, 0.29) is 17.2 Å². The number of phenols is 1. The molecule has 0 radical (unpaired) electrons. The van der Waals surface area contributed by atoms with Crippen molar-refractivity contribution < 1.29 is 14.6 Å². The summed E-state index contributed by atoms with van der Waals surface area (Å²) < 4.78 is 5.58. The van der Waals surface area contributed by atoms with E-state index in [2.05, 4.69) is 5.32 Å². The Balaban J connectivity index is 1.86. The van der Waals surface area contributed by atoms with Gasteiger partial charge in [0.25, 0.3) is 5.91 Å². The summed E-state index contributed by atoms with van der Waals surface area (Å²) in [7, 11) is 0. The molecule has 1 amide bonds. The van der Waals surface area contributed by atoms with E-state index in [0.717, 1.165) is 5.39 Å². The second-order valence-corrected chi connectivity index (χ2v) is 5.54. The van der Waals surface area contributed by atoms with Gasteiger partial charge in [0.05, 0.1) is 5.56 Å². The Morgan fingerprint density at radius 1 is 1.12 bits per heavy atom. The number of anilines is 1. The summed E-state index contributed by atoms with van der Waals surface area (Å²) in [5.41, 5.74) is 0.869. The summed E-state index contributed by atoms with van der Waals surface area (Å²) in [6, 6.07) is 18.0. The molecule has 0 heterocycles. The first-order valence-electron chi connectivity index (χ1n) is 8.05. The number of allylic oxidation sites excluding steroid dienone is 1. The predicted octanol–water partition coefficient (Wildman–Crippen LogP) is 4.75. The first-order valence-corrected chi connectivity index (χ1v) is 8.05. The maximum Gasteiger partial charge on any atom is 0.260 e. The highest BCUT2D eigenvalue weighted by atomic mass is 16.5. The van der Waals surface area contributed by atoms with Gasteiger partial charge in [0.2, 0.25) is 0 Å². The molecule has 0 spiro atoms. The van der Waals surface area contributed by atoms with Crippen molar-refractivity contribution in [3.63, 3.8) is 0 Å². The van der Waals surface area contributed by atoms with E-state index in [9.17, 15) is 9.90 Å². The van der Waals surface area contributed by atoms with E-state index < -0.39 is 0 Å². The summed E-state index contributed by atoms with van der Waals surface area (Å²) >= 11 is 0. The zero-order valence-electron chi connectivity index (χ0n) is 13.9. The third-order valence-corrected chi connectivity index (χ3v) is 3.81. The number of hydrogen-bond donors (Lipinski definition) is 2. The summed E-state index contributed by atoms with van der Waals surface area (Å²) in [6.07, 6.45) is 3.81. The third kappa shape index (κ3) is 3.80. The lowest BCUT2D eigenvalue weighted by atomic mass is 10.0. The molecule has 2 N–H and O–H groups in total. The molecule has 0 bridgehead atoms. The molecule has 0 fully saturated rings. The van der Waals surface area contributed by atoms with Crippen LogP contribution >= 0.6 is 0 Å². The number of carbonyl (C=O) groups excluding carboxylic acids is 1. The second-order valence-electron chi connectivity index (χ2n) is 5.54. The van der Waals surface area contributed by atoms with Crippen LogP contribution in [0.1, 0.15) is 17.3 Å². The SMILES string of the molecule is C/C=C/COc1cccc(NC(=O)c2c(O)ccc3ccccc23)c1. The van der Waals surface area contributed by atoms with Crippen molar-refractivity contribution in [2.24, 2.45) is 0 Å².